The number of imidazole rings is 1. The minimum absolute atomic E-state index is 0.440. The highest BCUT2D eigenvalue weighted by Crippen LogP contribution is 2.27. The summed E-state index contributed by atoms with van der Waals surface area (Å²) in [6.45, 7) is 2.65. The summed E-state index contributed by atoms with van der Waals surface area (Å²) in [5.74, 6) is 1.67. The molecule has 3 aromatic rings. The van der Waals surface area contributed by atoms with Gasteiger partial charge in [0, 0.05) is 19.7 Å². The van der Waals surface area contributed by atoms with Crippen LogP contribution in [0.4, 0.5) is 5.69 Å². The van der Waals surface area contributed by atoms with Crippen molar-refractivity contribution in [2.75, 3.05) is 19.1 Å². The average molecular weight is 317 g/mol. The normalized spacial score (nSPS) is 10.9. The molecule has 0 atom stereocenters. The van der Waals surface area contributed by atoms with Crippen LogP contribution >= 0.6 is 11.6 Å². The molecule has 0 bridgehead atoms. The zero-order chi connectivity index (χ0) is 15.7. The Bertz CT molecular complexity index is 798. The van der Waals surface area contributed by atoms with Crippen LogP contribution < -0.4 is 9.64 Å². The number of hydrogen-bond donors (Lipinski definition) is 1. The van der Waals surface area contributed by atoms with E-state index in [-0.39, 0.29) is 0 Å². The minimum atomic E-state index is 0.440. The van der Waals surface area contributed by atoms with Gasteiger partial charge in [0.2, 0.25) is 0 Å². The molecule has 3 rings (SSSR count). The van der Waals surface area contributed by atoms with E-state index in [1.165, 1.54) is 5.56 Å². The van der Waals surface area contributed by atoms with Crippen LogP contribution in [-0.2, 0) is 6.54 Å². The highest BCUT2D eigenvalue weighted by molar-refractivity contribution is 6.30. The van der Waals surface area contributed by atoms with Crippen LogP contribution in [0.25, 0.3) is 11.2 Å². The zero-order valence-electron chi connectivity index (χ0n) is 12.7. The lowest BCUT2D eigenvalue weighted by Crippen LogP contribution is -2.17. The quantitative estimate of drug-likeness (QED) is 0.748. The predicted molar refractivity (Wildman–Crippen MR) is 88.7 cm³/mol. The summed E-state index contributed by atoms with van der Waals surface area (Å²) in [7, 11) is 3.68. The molecule has 0 unspecified atom stereocenters. The number of nitrogens with zero attached hydrogens (tertiary/aromatic N) is 3. The first kappa shape index (κ1) is 14.7. The second-order valence-electron chi connectivity index (χ2n) is 5.19. The first-order valence-electron chi connectivity index (χ1n) is 6.94. The van der Waals surface area contributed by atoms with Crippen molar-refractivity contribution in [3.8, 4) is 5.75 Å². The Morgan fingerprint density at radius 1 is 1.23 bits per heavy atom. The summed E-state index contributed by atoms with van der Waals surface area (Å²) in [4.78, 5) is 14.0. The molecule has 114 valence electrons. The van der Waals surface area contributed by atoms with Crippen LogP contribution in [0, 0.1) is 6.92 Å². The molecule has 2 aromatic heterocycles. The number of H-pyrrole nitrogens is 1. The first-order valence-corrected chi connectivity index (χ1v) is 7.31. The Labute approximate surface area is 133 Å². The molecule has 6 heteroatoms. The Kier molecular flexibility index (Phi) is 3.90. The van der Waals surface area contributed by atoms with Gasteiger partial charge in [-0.05, 0) is 24.6 Å². The lowest BCUT2D eigenvalue weighted by atomic mass is 10.2. The molecule has 5 nitrogen and oxygen atoms in total. The van der Waals surface area contributed by atoms with Gasteiger partial charge in [0.1, 0.15) is 22.2 Å². The third-order valence-electron chi connectivity index (χ3n) is 3.52. The fraction of sp³-hybridized carbons (Fsp3) is 0.250. The molecule has 0 saturated carbocycles. The molecule has 0 spiro atoms. The monoisotopic (exact) mass is 316 g/mol. The molecule has 0 aliphatic rings. The topological polar surface area (TPSA) is 54.0 Å². The maximum Gasteiger partial charge on any atom is 0.181 e. The number of hydrogen-bond acceptors (Lipinski definition) is 4. The molecule has 0 aliphatic heterocycles. The van der Waals surface area contributed by atoms with E-state index in [0.29, 0.717) is 10.8 Å². The summed E-state index contributed by atoms with van der Waals surface area (Å²) < 4.78 is 5.18. The van der Waals surface area contributed by atoms with E-state index in [1.807, 2.05) is 44.3 Å². The minimum Gasteiger partial charge on any atom is -0.497 e. The predicted octanol–water partition coefficient (Wildman–Crippen LogP) is 3.56. The van der Waals surface area contributed by atoms with Crippen molar-refractivity contribution in [3.63, 3.8) is 0 Å². The van der Waals surface area contributed by atoms with E-state index >= 15 is 0 Å². The van der Waals surface area contributed by atoms with Gasteiger partial charge in [0.15, 0.2) is 5.65 Å². The van der Waals surface area contributed by atoms with Gasteiger partial charge in [0.25, 0.3) is 0 Å². The average Bonchev–Trinajstić information content (AvgIpc) is 2.87. The summed E-state index contributed by atoms with van der Waals surface area (Å²) in [6, 6.07) is 9.86. The molecule has 22 heavy (non-hydrogen) atoms. The van der Waals surface area contributed by atoms with Crippen molar-refractivity contribution in [1.29, 1.82) is 0 Å². The zero-order valence-corrected chi connectivity index (χ0v) is 13.5. The van der Waals surface area contributed by atoms with Gasteiger partial charge in [-0.3, -0.25) is 0 Å². The van der Waals surface area contributed by atoms with Crippen LogP contribution in [0.1, 0.15) is 11.4 Å². The molecule has 1 aromatic carbocycles. The van der Waals surface area contributed by atoms with Crippen LogP contribution in [0.3, 0.4) is 0 Å². The van der Waals surface area contributed by atoms with Gasteiger partial charge < -0.3 is 14.6 Å². The van der Waals surface area contributed by atoms with Crippen molar-refractivity contribution >= 4 is 28.5 Å². The Balaban J connectivity index is 1.92. The van der Waals surface area contributed by atoms with Crippen molar-refractivity contribution in [3.05, 3.63) is 46.9 Å². The fourth-order valence-corrected chi connectivity index (χ4v) is 2.63. The number of rotatable bonds is 4. The van der Waals surface area contributed by atoms with Gasteiger partial charge in [-0.15, -0.1) is 0 Å². The lowest BCUT2D eigenvalue weighted by molar-refractivity contribution is 0.414. The molecular weight excluding hydrogens is 300 g/mol. The summed E-state index contributed by atoms with van der Waals surface area (Å²) in [5, 5.41) is 0.440. The maximum atomic E-state index is 6.11. The van der Waals surface area contributed by atoms with E-state index in [1.54, 1.807) is 7.11 Å². The molecule has 0 saturated heterocycles. The van der Waals surface area contributed by atoms with Crippen molar-refractivity contribution in [2.45, 2.75) is 13.5 Å². The summed E-state index contributed by atoms with van der Waals surface area (Å²) >= 11 is 6.11. The number of anilines is 1. The Morgan fingerprint density at radius 2 is 1.95 bits per heavy atom. The van der Waals surface area contributed by atoms with Gasteiger partial charge in [-0.1, -0.05) is 23.7 Å². The number of fused-ring (bicyclic) bond motifs is 1. The highest BCUT2D eigenvalue weighted by Gasteiger charge is 2.13. The number of halogens is 1. The van der Waals surface area contributed by atoms with Gasteiger partial charge in [0.05, 0.1) is 12.8 Å². The van der Waals surface area contributed by atoms with Gasteiger partial charge in [-0.25, -0.2) is 9.97 Å². The van der Waals surface area contributed by atoms with Crippen LogP contribution in [-0.4, -0.2) is 29.1 Å². The molecular formula is C16H17ClN4O. The molecule has 0 fully saturated rings. The van der Waals surface area contributed by atoms with Gasteiger partial charge in [-0.2, -0.15) is 0 Å². The van der Waals surface area contributed by atoms with Crippen molar-refractivity contribution in [1.82, 2.24) is 15.0 Å². The van der Waals surface area contributed by atoms with Crippen molar-refractivity contribution in [2.24, 2.45) is 0 Å². The number of aromatic nitrogens is 3. The maximum absolute atomic E-state index is 6.11. The first-order chi connectivity index (χ1) is 10.6. The molecule has 2 heterocycles. The van der Waals surface area contributed by atoms with Crippen molar-refractivity contribution < 1.29 is 4.74 Å². The number of benzene rings is 1. The number of ether oxygens (including phenoxy) is 1. The third kappa shape index (κ3) is 2.85. The van der Waals surface area contributed by atoms with E-state index in [0.717, 1.165) is 29.3 Å². The highest BCUT2D eigenvalue weighted by atomic mass is 35.5. The third-order valence-corrected chi connectivity index (χ3v) is 3.71. The van der Waals surface area contributed by atoms with Gasteiger partial charge >= 0.3 is 0 Å². The number of pyridine rings is 1. The number of aryl methyl sites for hydroxylation is 1. The number of methoxy groups -OCH3 is 1. The molecule has 0 amide bonds. The molecule has 0 aliphatic carbocycles. The fourth-order valence-electron chi connectivity index (χ4n) is 2.45. The summed E-state index contributed by atoms with van der Waals surface area (Å²) in [5.41, 5.74) is 3.70. The Hall–Kier alpha value is -2.27. The SMILES string of the molecule is COc1ccc(CN(C)c2cc(Cl)nc3nc(C)[nH]c23)cc1. The smallest absolute Gasteiger partial charge is 0.181 e. The van der Waals surface area contributed by atoms with E-state index in [4.69, 9.17) is 16.3 Å². The van der Waals surface area contributed by atoms with E-state index in [9.17, 15) is 0 Å². The van der Waals surface area contributed by atoms with Crippen LogP contribution in [0.5, 0.6) is 5.75 Å². The molecule has 0 radical (unpaired) electrons. The van der Waals surface area contributed by atoms with Crippen LogP contribution in [0.15, 0.2) is 30.3 Å². The Morgan fingerprint density at radius 3 is 2.64 bits per heavy atom. The second kappa shape index (κ2) is 5.85. The number of aromatic amines is 1. The van der Waals surface area contributed by atoms with Crippen LogP contribution in [0.2, 0.25) is 5.15 Å². The summed E-state index contributed by atoms with van der Waals surface area (Å²) in [6.07, 6.45) is 0. The largest absolute Gasteiger partial charge is 0.497 e. The lowest BCUT2D eigenvalue weighted by Gasteiger charge is -2.20. The number of nitrogens with one attached hydrogen (secondary N) is 1. The standard InChI is InChI=1S/C16H17ClN4O/c1-10-18-15-13(8-14(17)20-16(15)19-10)21(2)9-11-4-6-12(22-3)7-5-11/h4-8H,9H2,1-3H3,(H,18,19,20). The second-order valence-corrected chi connectivity index (χ2v) is 5.58. The van der Waals surface area contributed by atoms with E-state index in [2.05, 4.69) is 19.9 Å². The molecule has 1 N–H and O–H groups in total. The van der Waals surface area contributed by atoms with E-state index < -0.39 is 0 Å².